The number of benzene rings is 3. The second-order valence-electron chi connectivity index (χ2n) is 6.61. The van der Waals surface area contributed by atoms with Gasteiger partial charge in [0.2, 0.25) is 0 Å². The predicted molar refractivity (Wildman–Crippen MR) is 116 cm³/mol. The molecule has 3 aromatic rings. The summed E-state index contributed by atoms with van der Waals surface area (Å²) in [6.45, 7) is 2.40. The number of amides is 1. The Kier molecular flexibility index (Phi) is 6.21. The van der Waals surface area contributed by atoms with Gasteiger partial charge in [0.1, 0.15) is 11.0 Å². The van der Waals surface area contributed by atoms with Gasteiger partial charge in [-0.2, -0.15) is 0 Å². The highest BCUT2D eigenvalue weighted by atomic mass is 32.2. The molecule has 3 rings (SSSR count). The zero-order valence-electron chi connectivity index (χ0n) is 15.9. The molecule has 0 spiro atoms. The van der Waals surface area contributed by atoms with Gasteiger partial charge in [0.15, 0.2) is 0 Å². The van der Waals surface area contributed by atoms with Gasteiger partial charge in [-0.15, -0.1) is 0 Å². The van der Waals surface area contributed by atoms with Crippen molar-refractivity contribution in [3.8, 4) is 0 Å². The van der Waals surface area contributed by atoms with E-state index in [0.717, 1.165) is 11.1 Å². The third-order valence-corrected chi connectivity index (χ3v) is 5.36. The highest BCUT2D eigenvalue weighted by Crippen LogP contribution is 2.20. The van der Waals surface area contributed by atoms with Crippen LogP contribution in [0.4, 0.5) is 5.69 Å². The fourth-order valence-electron chi connectivity index (χ4n) is 2.93. The molecule has 0 aliphatic heterocycles. The van der Waals surface area contributed by atoms with Crippen molar-refractivity contribution in [3.63, 3.8) is 0 Å². The summed E-state index contributed by atoms with van der Waals surface area (Å²) in [5, 5.41) is 16.8. The maximum absolute atomic E-state index is 12.6. The van der Waals surface area contributed by atoms with Gasteiger partial charge in [-0.25, -0.2) is 9.35 Å². The number of hydrogen-bond donors (Lipinski definition) is 4. The average molecular weight is 407 g/mol. The molecule has 0 radical (unpaired) electrons. The van der Waals surface area contributed by atoms with Crippen molar-refractivity contribution in [1.29, 1.82) is 5.41 Å². The van der Waals surface area contributed by atoms with Gasteiger partial charge in [0.25, 0.3) is 5.91 Å². The smallest absolute Gasteiger partial charge is 0.251 e. The van der Waals surface area contributed by atoms with Crippen molar-refractivity contribution in [1.82, 2.24) is 5.32 Å². The molecule has 6 N–H and O–H groups in total. The normalized spacial score (nSPS) is 11.7. The monoisotopic (exact) mass is 406 g/mol. The maximum Gasteiger partial charge on any atom is 0.251 e. The van der Waals surface area contributed by atoms with Crippen LogP contribution >= 0.6 is 0 Å². The van der Waals surface area contributed by atoms with E-state index in [1.165, 1.54) is 0 Å². The van der Waals surface area contributed by atoms with Crippen LogP contribution < -0.4 is 16.2 Å². The standard InChI is InChI=1S/C22H22N4O2S/c1-14-5-2-3-6-17(14)13-26-22(27)16-9-10-20(23)19(12-16)21(24)15-7-4-8-18(11-15)29(25)28/h2-12,24H,13,23,25H2,1H3,(H,26,27). The highest BCUT2D eigenvalue weighted by Gasteiger charge is 2.14. The molecule has 0 saturated carbocycles. The fourth-order valence-corrected chi connectivity index (χ4v) is 3.39. The molecule has 148 valence electrons. The van der Waals surface area contributed by atoms with E-state index in [1.807, 2.05) is 31.2 Å². The number of aryl methyl sites for hydroxylation is 1. The molecular formula is C22H22N4O2S. The summed E-state index contributed by atoms with van der Waals surface area (Å²) in [7, 11) is -1.64. The predicted octanol–water partition coefficient (Wildman–Crippen LogP) is 2.90. The molecule has 1 atom stereocenters. The van der Waals surface area contributed by atoms with Crippen LogP contribution in [0.25, 0.3) is 0 Å². The number of hydrogen-bond acceptors (Lipinski definition) is 4. The lowest BCUT2D eigenvalue weighted by Crippen LogP contribution is -2.23. The van der Waals surface area contributed by atoms with E-state index in [2.05, 4.69) is 5.32 Å². The van der Waals surface area contributed by atoms with Crippen molar-refractivity contribution in [2.75, 3.05) is 5.73 Å². The van der Waals surface area contributed by atoms with Crippen molar-refractivity contribution in [2.24, 2.45) is 5.14 Å². The van der Waals surface area contributed by atoms with Gasteiger partial charge in [-0.05, 0) is 48.4 Å². The Morgan fingerprint density at radius 1 is 1.03 bits per heavy atom. The Labute approximate surface area is 172 Å². The molecule has 0 aliphatic rings. The zero-order valence-corrected chi connectivity index (χ0v) is 16.8. The highest BCUT2D eigenvalue weighted by molar-refractivity contribution is 7.82. The largest absolute Gasteiger partial charge is 0.398 e. The maximum atomic E-state index is 12.6. The second kappa shape index (κ2) is 8.81. The minimum atomic E-state index is -1.64. The quantitative estimate of drug-likeness (QED) is 0.372. The van der Waals surface area contributed by atoms with E-state index >= 15 is 0 Å². The summed E-state index contributed by atoms with van der Waals surface area (Å²) in [6.07, 6.45) is 0. The number of anilines is 1. The molecule has 1 unspecified atom stereocenters. The van der Waals surface area contributed by atoms with Crippen LogP contribution in [0.15, 0.2) is 71.6 Å². The van der Waals surface area contributed by atoms with Crippen LogP contribution in [0, 0.1) is 12.3 Å². The summed E-state index contributed by atoms with van der Waals surface area (Å²) in [4.78, 5) is 13.0. The molecule has 29 heavy (non-hydrogen) atoms. The van der Waals surface area contributed by atoms with Gasteiger partial charge < -0.3 is 11.1 Å². The number of carbonyl (C=O) groups excluding carboxylic acids is 1. The van der Waals surface area contributed by atoms with Crippen molar-refractivity contribution < 1.29 is 9.00 Å². The van der Waals surface area contributed by atoms with Gasteiger partial charge in [0, 0.05) is 28.9 Å². The Bertz CT molecular complexity index is 1110. The first-order valence-electron chi connectivity index (χ1n) is 8.94. The summed E-state index contributed by atoms with van der Waals surface area (Å²) in [5.41, 5.74) is 10.1. The van der Waals surface area contributed by atoms with Crippen LogP contribution in [0.3, 0.4) is 0 Å². The third-order valence-electron chi connectivity index (χ3n) is 4.64. The number of carbonyl (C=O) groups is 1. The molecule has 7 heteroatoms. The molecule has 0 saturated heterocycles. The van der Waals surface area contributed by atoms with Gasteiger partial charge in [-0.1, -0.05) is 36.4 Å². The summed E-state index contributed by atoms with van der Waals surface area (Å²) < 4.78 is 11.5. The number of nitrogen functional groups attached to an aromatic ring is 1. The van der Waals surface area contributed by atoms with E-state index in [1.54, 1.807) is 42.5 Å². The minimum absolute atomic E-state index is 0.128. The summed E-state index contributed by atoms with van der Waals surface area (Å²) in [5.74, 6) is -0.251. The first kappa shape index (κ1) is 20.4. The van der Waals surface area contributed by atoms with Gasteiger partial charge >= 0.3 is 0 Å². The van der Waals surface area contributed by atoms with E-state index < -0.39 is 11.0 Å². The number of rotatable bonds is 6. The fraction of sp³-hybridized carbons (Fsp3) is 0.0909. The lowest BCUT2D eigenvalue weighted by atomic mass is 9.98. The third kappa shape index (κ3) is 4.77. The first-order chi connectivity index (χ1) is 13.9. The number of nitrogens with one attached hydrogen (secondary N) is 2. The van der Waals surface area contributed by atoms with E-state index in [0.29, 0.717) is 33.8 Å². The zero-order chi connectivity index (χ0) is 21.0. The van der Waals surface area contributed by atoms with Crippen molar-refractivity contribution >= 4 is 28.3 Å². The Morgan fingerprint density at radius 2 is 1.79 bits per heavy atom. The van der Waals surface area contributed by atoms with Crippen LogP contribution in [0.1, 0.15) is 32.6 Å². The molecular weight excluding hydrogens is 384 g/mol. The van der Waals surface area contributed by atoms with Crippen LogP contribution in [-0.2, 0) is 17.5 Å². The van der Waals surface area contributed by atoms with Crippen LogP contribution in [0.2, 0.25) is 0 Å². The Balaban J connectivity index is 1.83. The number of nitrogens with two attached hydrogens (primary N) is 2. The lowest BCUT2D eigenvalue weighted by Gasteiger charge is -2.12. The van der Waals surface area contributed by atoms with Crippen LogP contribution in [0.5, 0.6) is 0 Å². The SMILES string of the molecule is Cc1ccccc1CNC(=O)c1ccc(N)c(C(=N)c2cccc(S(N)=O)c2)c1. The van der Waals surface area contributed by atoms with Gasteiger partial charge in [-0.3, -0.25) is 10.2 Å². The van der Waals surface area contributed by atoms with Crippen molar-refractivity contribution in [2.45, 2.75) is 18.4 Å². The average Bonchev–Trinajstić information content (AvgIpc) is 2.73. The molecule has 6 nitrogen and oxygen atoms in total. The Hall–Kier alpha value is -3.29. The van der Waals surface area contributed by atoms with Crippen molar-refractivity contribution in [3.05, 3.63) is 94.5 Å². The molecule has 0 fully saturated rings. The Morgan fingerprint density at radius 3 is 2.52 bits per heavy atom. The molecule has 0 aromatic heterocycles. The molecule has 0 heterocycles. The molecule has 3 aromatic carbocycles. The second-order valence-corrected chi connectivity index (χ2v) is 7.68. The first-order valence-corrected chi connectivity index (χ1v) is 10.2. The lowest BCUT2D eigenvalue weighted by molar-refractivity contribution is 0.0951. The summed E-state index contributed by atoms with van der Waals surface area (Å²) in [6, 6.07) is 19.3. The summed E-state index contributed by atoms with van der Waals surface area (Å²) >= 11 is 0. The molecule has 1 amide bonds. The van der Waals surface area contributed by atoms with E-state index in [4.69, 9.17) is 16.3 Å². The van der Waals surface area contributed by atoms with Gasteiger partial charge in [0.05, 0.1) is 10.6 Å². The minimum Gasteiger partial charge on any atom is -0.398 e. The topological polar surface area (TPSA) is 122 Å². The van der Waals surface area contributed by atoms with E-state index in [9.17, 15) is 9.00 Å². The van der Waals surface area contributed by atoms with Crippen LogP contribution in [-0.4, -0.2) is 15.8 Å². The molecule has 0 bridgehead atoms. The van der Waals surface area contributed by atoms with E-state index in [-0.39, 0.29) is 11.6 Å². The molecule has 0 aliphatic carbocycles.